The van der Waals surface area contributed by atoms with Crippen LogP contribution in [0, 0.1) is 5.82 Å². The second-order valence-corrected chi connectivity index (χ2v) is 14.5. The zero-order valence-corrected chi connectivity index (χ0v) is 34.8. The monoisotopic (exact) mass is 907 g/mol. The zero-order valence-electron chi connectivity index (χ0n) is 34.8. The number of carboxylic acid groups (broad SMARTS) is 4. The van der Waals surface area contributed by atoms with Crippen LogP contribution >= 0.6 is 0 Å². The highest BCUT2D eigenvalue weighted by Crippen LogP contribution is 2.10. The van der Waals surface area contributed by atoms with E-state index in [0.717, 1.165) is 12.1 Å². The summed E-state index contributed by atoms with van der Waals surface area (Å²) in [6, 6.07) is 13.2. The maximum atomic E-state index is 13.9. The number of urea groups is 1. The Labute approximate surface area is 370 Å². The fourth-order valence-corrected chi connectivity index (χ4v) is 6.04. The molecule has 65 heavy (non-hydrogen) atoms. The lowest BCUT2D eigenvalue weighted by molar-refractivity contribution is -0.143. The number of rotatable bonds is 27. The Balaban J connectivity index is 1.55. The number of hydrogen-bond acceptors (Lipinski definition) is 10. The van der Waals surface area contributed by atoms with E-state index in [0.29, 0.717) is 11.1 Å². The van der Waals surface area contributed by atoms with E-state index in [1.807, 2.05) is 10.6 Å². The van der Waals surface area contributed by atoms with Crippen LogP contribution in [0.3, 0.4) is 0 Å². The molecule has 0 saturated heterocycles. The number of carboxylic acids is 4. The van der Waals surface area contributed by atoms with Crippen molar-refractivity contribution in [3.63, 3.8) is 0 Å². The van der Waals surface area contributed by atoms with Gasteiger partial charge in [-0.3, -0.25) is 28.8 Å². The Morgan fingerprint density at radius 3 is 1.26 bits per heavy atom. The molecule has 5 atom stereocenters. The standard InChI is InChI=1S/C43H50FN7O14/c44-28-13-11-27(12-14-28)37(56)48-32(23-25-7-3-1-4-8-25)39(58)49-33(24-26-9-5-2-6-10-26)38(57)47-29(40(59)60)15-18-34(52)45-21-22-46-35(53)19-16-30(41(61)62)50-43(65)51-31(42(63)64)17-20-36(54)55/h1-14,29-33H,15-24H2,(H,45,52)(H,46,53)(H,47,57)(H,48,56)(H,49,58)(H,54,55)(H,59,60)(H,61,62)(H,63,64)(H2,50,51,65)/t29-,30?,31+,32?,33?/m1/s1. The van der Waals surface area contributed by atoms with Gasteiger partial charge in [0.2, 0.25) is 23.6 Å². The molecule has 0 heterocycles. The quantitative estimate of drug-likeness (QED) is 0.0460. The van der Waals surface area contributed by atoms with Crippen molar-refractivity contribution in [3.8, 4) is 0 Å². The average molecular weight is 908 g/mol. The fraction of sp³-hybridized carbons (Fsp3) is 0.349. The molecule has 3 unspecified atom stereocenters. The SMILES string of the molecule is O=C(O)CC[C@H](NC(=O)NC(CCC(=O)NCCNC(=O)CC[C@@H](NC(=O)C(Cc1ccccc1)NC(=O)C(Cc1ccccc1)NC(=O)c1ccc(F)cc1)C(=O)O)C(=O)O)C(=O)O. The van der Waals surface area contributed by atoms with Gasteiger partial charge in [0, 0.05) is 50.8 Å². The van der Waals surface area contributed by atoms with Gasteiger partial charge in [-0.15, -0.1) is 0 Å². The number of benzene rings is 3. The Bertz CT molecular complexity index is 2140. The van der Waals surface area contributed by atoms with Crippen molar-refractivity contribution in [1.29, 1.82) is 0 Å². The van der Waals surface area contributed by atoms with E-state index in [9.17, 15) is 67.7 Å². The lowest BCUT2D eigenvalue weighted by atomic mass is 10.0. The third kappa shape index (κ3) is 19.4. The van der Waals surface area contributed by atoms with E-state index in [-0.39, 0.29) is 37.9 Å². The third-order valence-electron chi connectivity index (χ3n) is 9.48. The molecule has 0 saturated carbocycles. The summed E-state index contributed by atoms with van der Waals surface area (Å²) in [7, 11) is 0. The molecule has 0 spiro atoms. The third-order valence-corrected chi connectivity index (χ3v) is 9.48. The van der Waals surface area contributed by atoms with E-state index in [4.69, 9.17) is 5.11 Å². The second-order valence-electron chi connectivity index (χ2n) is 14.5. The maximum Gasteiger partial charge on any atom is 0.326 e. The van der Waals surface area contributed by atoms with Crippen molar-refractivity contribution >= 4 is 59.4 Å². The molecule has 21 nitrogen and oxygen atoms in total. The number of carbonyl (C=O) groups is 10. The van der Waals surface area contributed by atoms with E-state index in [1.165, 1.54) is 12.1 Å². The van der Waals surface area contributed by atoms with Crippen LogP contribution in [0.5, 0.6) is 0 Å². The summed E-state index contributed by atoms with van der Waals surface area (Å²) in [5.41, 5.74) is 1.34. The Hall–Kier alpha value is -7.91. The number of amides is 7. The highest BCUT2D eigenvalue weighted by Gasteiger charge is 2.31. The number of hydrogen-bond donors (Lipinski definition) is 11. The van der Waals surface area contributed by atoms with Crippen LogP contribution in [0.4, 0.5) is 9.18 Å². The zero-order chi connectivity index (χ0) is 47.9. The van der Waals surface area contributed by atoms with Gasteiger partial charge in [-0.25, -0.2) is 23.6 Å². The minimum atomic E-state index is -1.62. The summed E-state index contributed by atoms with van der Waals surface area (Å²) < 4.78 is 13.5. The first-order valence-corrected chi connectivity index (χ1v) is 20.2. The smallest absolute Gasteiger partial charge is 0.326 e. The first kappa shape index (κ1) is 51.4. The number of carbonyl (C=O) groups excluding carboxylic acids is 6. The maximum absolute atomic E-state index is 13.9. The van der Waals surface area contributed by atoms with Crippen molar-refractivity contribution < 1.29 is 72.8 Å². The molecular formula is C43H50FN7O14. The van der Waals surface area contributed by atoms with Crippen LogP contribution in [-0.2, 0) is 51.2 Å². The van der Waals surface area contributed by atoms with Gasteiger partial charge >= 0.3 is 29.9 Å². The molecule has 11 N–H and O–H groups in total. The molecule has 0 aromatic heterocycles. The predicted octanol–water partition coefficient (Wildman–Crippen LogP) is 0.327. The first-order valence-electron chi connectivity index (χ1n) is 20.2. The van der Waals surface area contributed by atoms with Gasteiger partial charge in [0.25, 0.3) is 5.91 Å². The molecule has 0 aliphatic rings. The van der Waals surface area contributed by atoms with Gasteiger partial charge in [0.15, 0.2) is 0 Å². The van der Waals surface area contributed by atoms with Crippen LogP contribution in [0.15, 0.2) is 84.9 Å². The van der Waals surface area contributed by atoms with Gasteiger partial charge in [-0.1, -0.05) is 60.7 Å². The van der Waals surface area contributed by atoms with E-state index < -0.39 is 128 Å². The van der Waals surface area contributed by atoms with Crippen LogP contribution < -0.4 is 37.2 Å². The normalized spacial score (nSPS) is 12.9. The highest BCUT2D eigenvalue weighted by molar-refractivity contribution is 5.99. The van der Waals surface area contributed by atoms with Crippen LogP contribution in [0.2, 0.25) is 0 Å². The molecule has 0 aliphatic carbocycles. The summed E-state index contributed by atoms with van der Waals surface area (Å²) in [6.07, 6.45) is -2.77. The minimum absolute atomic E-state index is 0.00357. The van der Waals surface area contributed by atoms with Crippen molar-refractivity contribution in [2.24, 2.45) is 0 Å². The van der Waals surface area contributed by atoms with Crippen molar-refractivity contribution in [2.45, 2.75) is 81.6 Å². The Kier molecular flexibility index (Phi) is 21.0. The molecular weight excluding hydrogens is 858 g/mol. The van der Waals surface area contributed by atoms with Gasteiger partial charge in [-0.05, 0) is 54.7 Å². The molecule has 348 valence electrons. The Morgan fingerprint density at radius 2 is 0.846 bits per heavy atom. The topological polar surface area (TPSA) is 336 Å². The molecule has 3 rings (SSSR count). The van der Waals surface area contributed by atoms with Crippen LogP contribution in [0.25, 0.3) is 0 Å². The Morgan fingerprint density at radius 1 is 0.462 bits per heavy atom. The van der Waals surface area contributed by atoms with Crippen molar-refractivity contribution in [1.82, 2.24) is 37.2 Å². The summed E-state index contributed by atoms with van der Waals surface area (Å²) in [4.78, 5) is 124. The number of nitrogens with one attached hydrogen (secondary N) is 7. The van der Waals surface area contributed by atoms with E-state index in [1.54, 1.807) is 60.7 Å². The first-order chi connectivity index (χ1) is 30.9. The summed E-state index contributed by atoms with van der Waals surface area (Å²) in [6.45, 7) is -0.284. The number of aliphatic carboxylic acids is 4. The van der Waals surface area contributed by atoms with E-state index >= 15 is 0 Å². The van der Waals surface area contributed by atoms with Crippen LogP contribution in [0.1, 0.15) is 60.0 Å². The van der Waals surface area contributed by atoms with Gasteiger partial charge in [0.05, 0.1) is 0 Å². The minimum Gasteiger partial charge on any atom is -0.481 e. The highest BCUT2D eigenvalue weighted by atomic mass is 19.1. The lowest BCUT2D eigenvalue weighted by Crippen LogP contribution is -2.57. The molecule has 0 aliphatic heterocycles. The van der Waals surface area contributed by atoms with E-state index in [2.05, 4.69) is 26.6 Å². The molecule has 3 aromatic rings. The van der Waals surface area contributed by atoms with Crippen molar-refractivity contribution in [2.75, 3.05) is 13.1 Å². The summed E-state index contributed by atoms with van der Waals surface area (Å²) >= 11 is 0. The van der Waals surface area contributed by atoms with Crippen LogP contribution in [-0.4, -0.2) is 123 Å². The molecule has 0 fully saturated rings. The number of halogens is 1. The molecule has 0 radical (unpaired) electrons. The van der Waals surface area contributed by atoms with Gasteiger partial charge in [0.1, 0.15) is 36.0 Å². The lowest BCUT2D eigenvalue weighted by Gasteiger charge is -2.25. The summed E-state index contributed by atoms with van der Waals surface area (Å²) in [5.74, 6) is -10.1. The molecule has 3 aromatic carbocycles. The fourth-order valence-electron chi connectivity index (χ4n) is 6.04. The van der Waals surface area contributed by atoms with Gasteiger partial charge < -0.3 is 57.6 Å². The molecule has 22 heteroatoms. The second kappa shape index (κ2) is 26.5. The predicted molar refractivity (Wildman–Crippen MR) is 225 cm³/mol. The summed E-state index contributed by atoms with van der Waals surface area (Å²) in [5, 5.41) is 53.8. The van der Waals surface area contributed by atoms with Crippen molar-refractivity contribution in [3.05, 3.63) is 107 Å². The molecule has 7 amide bonds. The molecule has 0 bridgehead atoms. The largest absolute Gasteiger partial charge is 0.481 e. The average Bonchev–Trinajstić information content (AvgIpc) is 3.26. The van der Waals surface area contributed by atoms with Gasteiger partial charge in [-0.2, -0.15) is 0 Å².